The number of aryl methyl sites for hydroxylation is 1. The molecule has 0 radical (unpaired) electrons. The molecule has 1 fully saturated rings. The Morgan fingerprint density at radius 1 is 1.07 bits per heavy atom. The van der Waals surface area contributed by atoms with Gasteiger partial charge in [-0.3, -0.25) is 0 Å². The van der Waals surface area contributed by atoms with Crippen molar-refractivity contribution in [1.82, 2.24) is 9.97 Å². The van der Waals surface area contributed by atoms with E-state index in [4.69, 9.17) is 0 Å². The van der Waals surface area contributed by atoms with Gasteiger partial charge in [-0.2, -0.15) is 0 Å². The molecule has 0 aromatic carbocycles. The van der Waals surface area contributed by atoms with E-state index in [0.717, 1.165) is 18.2 Å². The summed E-state index contributed by atoms with van der Waals surface area (Å²) in [6.45, 7) is 0. The Hall–Kier alpha value is -0.920. The number of nitrogens with zero attached hydrogens (tertiary/aromatic N) is 2. The van der Waals surface area contributed by atoms with Crippen LogP contribution in [0, 0.1) is 5.92 Å². The van der Waals surface area contributed by atoms with E-state index in [0.29, 0.717) is 0 Å². The van der Waals surface area contributed by atoms with Crippen LogP contribution in [-0.2, 0) is 6.42 Å². The lowest BCUT2D eigenvalue weighted by molar-refractivity contribution is 0.337. The molecule has 0 saturated heterocycles. The van der Waals surface area contributed by atoms with Gasteiger partial charge >= 0.3 is 0 Å². The number of hydrogen-bond acceptors (Lipinski definition) is 2. The second-order valence-electron chi connectivity index (χ2n) is 4.21. The molecular weight excluding hydrogens is 172 g/mol. The molecule has 1 heterocycles. The third-order valence-electron chi connectivity index (χ3n) is 3.12. The highest BCUT2D eigenvalue weighted by Gasteiger charge is 2.13. The van der Waals surface area contributed by atoms with Crippen LogP contribution < -0.4 is 0 Å². The summed E-state index contributed by atoms with van der Waals surface area (Å²) < 4.78 is 0. The van der Waals surface area contributed by atoms with Gasteiger partial charge in [-0.05, 0) is 18.4 Å². The average Bonchev–Trinajstić information content (AvgIpc) is 2.29. The summed E-state index contributed by atoms with van der Waals surface area (Å²) in [5.74, 6) is 1.95. The Balaban J connectivity index is 1.76. The van der Waals surface area contributed by atoms with Gasteiger partial charge in [0.15, 0.2) is 0 Å². The zero-order valence-electron chi connectivity index (χ0n) is 8.65. The summed E-state index contributed by atoms with van der Waals surface area (Å²) in [6.07, 6.45) is 13.2. The number of aromatic nitrogens is 2. The van der Waals surface area contributed by atoms with Gasteiger partial charge in [0.25, 0.3) is 0 Å². The van der Waals surface area contributed by atoms with Crippen LogP contribution in [0.2, 0.25) is 0 Å². The molecule has 1 aromatic rings. The highest BCUT2D eigenvalue weighted by Crippen LogP contribution is 2.26. The van der Waals surface area contributed by atoms with Gasteiger partial charge in [-0.15, -0.1) is 0 Å². The molecule has 0 N–H and O–H groups in total. The molecule has 2 rings (SSSR count). The molecule has 0 bridgehead atoms. The van der Waals surface area contributed by atoms with Gasteiger partial charge in [0.05, 0.1) is 0 Å². The van der Waals surface area contributed by atoms with Crippen molar-refractivity contribution in [2.75, 3.05) is 0 Å². The largest absolute Gasteiger partial charge is 0.241 e. The quantitative estimate of drug-likeness (QED) is 0.732. The minimum absolute atomic E-state index is 0.938. The molecule has 2 nitrogen and oxygen atoms in total. The molecule has 76 valence electrons. The summed E-state index contributed by atoms with van der Waals surface area (Å²) in [5.41, 5.74) is 0. The highest BCUT2D eigenvalue weighted by atomic mass is 14.8. The molecule has 0 unspecified atom stereocenters. The Morgan fingerprint density at radius 3 is 2.50 bits per heavy atom. The van der Waals surface area contributed by atoms with Crippen LogP contribution in [0.1, 0.15) is 44.3 Å². The van der Waals surface area contributed by atoms with Crippen molar-refractivity contribution in [3.63, 3.8) is 0 Å². The van der Waals surface area contributed by atoms with E-state index in [2.05, 4.69) is 9.97 Å². The van der Waals surface area contributed by atoms with E-state index in [1.54, 1.807) is 0 Å². The Bertz CT molecular complexity index is 252. The Kier molecular flexibility index (Phi) is 3.50. The van der Waals surface area contributed by atoms with Crippen molar-refractivity contribution < 1.29 is 0 Å². The van der Waals surface area contributed by atoms with E-state index >= 15 is 0 Å². The maximum absolute atomic E-state index is 4.25. The predicted molar refractivity (Wildman–Crippen MR) is 56.9 cm³/mol. The third kappa shape index (κ3) is 2.79. The standard InChI is InChI=1S/C12H18N2/c1-2-5-11(6-3-1)7-8-12-13-9-4-10-14-12/h4,9-11H,1-3,5-8H2. The van der Waals surface area contributed by atoms with E-state index in [1.807, 2.05) is 18.5 Å². The first-order valence-electron chi connectivity index (χ1n) is 5.71. The predicted octanol–water partition coefficient (Wildman–Crippen LogP) is 2.99. The first-order valence-corrected chi connectivity index (χ1v) is 5.71. The van der Waals surface area contributed by atoms with Gasteiger partial charge < -0.3 is 0 Å². The second-order valence-corrected chi connectivity index (χ2v) is 4.21. The van der Waals surface area contributed by atoms with E-state index < -0.39 is 0 Å². The molecule has 2 heteroatoms. The summed E-state index contributed by atoms with van der Waals surface area (Å²) >= 11 is 0. The molecule has 0 spiro atoms. The molecule has 1 aromatic heterocycles. The van der Waals surface area contributed by atoms with Crippen molar-refractivity contribution in [2.45, 2.75) is 44.9 Å². The lowest BCUT2D eigenvalue weighted by Crippen LogP contribution is -2.08. The van der Waals surface area contributed by atoms with Gasteiger partial charge in [-0.25, -0.2) is 9.97 Å². The van der Waals surface area contributed by atoms with Crippen LogP contribution in [0.3, 0.4) is 0 Å². The normalized spacial score (nSPS) is 18.3. The molecule has 1 aliphatic carbocycles. The molecule has 14 heavy (non-hydrogen) atoms. The maximum Gasteiger partial charge on any atom is 0.128 e. The van der Waals surface area contributed by atoms with Gasteiger partial charge in [0.2, 0.25) is 0 Å². The lowest BCUT2D eigenvalue weighted by Gasteiger charge is -2.20. The van der Waals surface area contributed by atoms with Crippen molar-refractivity contribution in [3.05, 3.63) is 24.3 Å². The van der Waals surface area contributed by atoms with Gasteiger partial charge in [-0.1, -0.05) is 32.1 Å². The Morgan fingerprint density at radius 2 is 1.79 bits per heavy atom. The minimum atomic E-state index is 0.938. The van der Waals surface area contributed by atoms with Crippen LogP contribution in [-0.4, -0.2) is 9.97 Å². The fraction of sp³-hybridized carbons (Fsp3) is 0.667. The molecule has 0 atom stereocenters. The summed E-state index contributed by atoms with van der Waals surface area (Å²) in [7, 11) is 0. The lowest BCUT2D eigenvalue weighted by atomic mass is 9.86. The summed E-state index contributed by atoms with van der Waals surface area (Å²) in [4.78, 5) is 8.50. The van der Waals surface area contributed by atoms with Gasteiger partial charge in [0.1, 0.15) is 5.82 Å². The fourth-order valence-electron chi connectivity index (χ4n) is 2.27. The van der Waals surface area contributed by atoms with Gasteiger partial charge in [0, 0.05) is 18.8 Å². The van der Waals surface area contributed by atoms with E-state index in [9.17, 15) is 0 Å². The highest BCUT2D eigenvalue weighted by molar-refractivity contribution is 4.89. The van der Waals surface area contributed by atoms with Crippen LogP contribution in [0.4, 0.5) is 0 Å². The number of rotatable bonds is 3. The van der Waals surface area contributed by atoms with Crippen LogP contribution in [0.5, 0.6) is 0 Å². The smallest absolute Gasteiger partial charge is 0.128 e. The fourth-order valence-corrected chi connectivity index (χ4v) is 2.27. The van der Waals surface area contributed by atoms with Crippen molar-refractivity contribution in [2.24, 2.45) is 5.92 Å². The van der Waals surface area contributed by atoms with Crippen LogP contribution in [0.15, 0.2) is 18.5 Å². The third-order valence-corrected chi connectivity index (χ3v) is 3.12. The van der Waals surface area contributed by atoms with Crippen molar-refractivity contribution in [1.29, 1.82) is 0 Å². The SMILES string of the molecule is c1cnc(CCC2CCCCC2)nc1. The first-order chi connectivity index (χ1) is 6.95. The monoisotopic (exact) mass is 190 g/mol. The van der Waals surface area contributed by atoms with Crippen molar-refractivity contribution in [3.8, 4) is 0 Å². The maximum atomic E-state index is 4.25. The van der Waals surface area contributed by atoms with Crippen LogP contribution >= 0.6 is 0 Å². The molecule has 1 aliphatic rings. The zero-order valence-corrected chi connectivity index (χ0v) is 8.65. The van der Waals surface area contributed by atoms with Crippen molar-refractivity contribution >= 4 is 0 Å². The average molecular weight is 190 g/mol. The molecule has 1 saturated carbocycles. The summed E-state index contributed by atoms with van der Waals surface area (Å²) in [5, 5.41) is 0. The topological polar surface area (TPSA) is 25.8 Å². The second kappa shape index (κ2) is 5.08. The number of hydrogen-bond donors (Lipinski definition) is 0. The summed E-state index contributed by atoms with van der Waals surface area (Å²) in [6, 6.07) is 1.88. The first kappa shape index (κ1) is 9.63. The Labute approximate surface area is 85.8 Å². The van der Waals surface area contributed by atoms with E-state index in [-0.39, 0.29) is 0 Å². The molecule has 0 amide bonds. The van der Waals surface area contributed by atoms with E-state index in [1.165, 1.54) is 38.5 Å². The molecule has 0 aliphatic heterocycles. The minimum Gasteiger partial charge on any atom is -0.241 e. The zero-order chi connectivity index (χ0) is 9.64. The molecular formula is C12H18N2. The van der Waals surface area contributed by atoms with Crippen LogP contribution in [0.25, 0.3) is 0 Å².